The number of nitrogens with one attached hydrogen (secondary N) is 1. The maximum absolute atomic E-state index is 13.4. The molecule has 0 aliphatic carbocycles. The van der Waals surface area contributed by atoms with Crippen LogP contribution in [0.5, 0.6) is 5.75 Å². The number of amides is 1. The Hall–Kier alpha value is -2.78. The van der Waals surface area contributed by atoms with Gasteiger partial charge in [0, 0.05) is 17.8 Å². The molecule has 0 aliphatic heterocycles. The van der Waals surface area contributed by atoms with Gasteiger partial charge < -0.3 is 10.1 Å². The van der Waals surface area contributed by atoms with E-state index < -0.39 is 41.3 Å². The summed E-state index contributed by atoms with van der Waals surface area (Å²) in [6.45, 7) is 0. The summed E-state index contributed by atoms with van der Waals surface area (Å²) in [7, 11) is 0. The van der Waals surface area contributed by atoms with Crippen LogP contribution in [0.25, 0.3) is 0 Å². The van der Waals surface area contributed by atoms with Crippen LogP contribution in [0.4, 0.5) is 32.0 Å². The molecule has 1 amide bonds. The third kappa shape index (κ3) is 4.34. The molecule has 1 heterocycles. The van der Waals surface area contributed by atoms with Crippen molar-refractivity contribution in [3.8, 4) is 5.75 Å². The van der Waals surface area contributed by atoms with E-state index in [1.165, 1.54) is 6.07 Å². The molecule has 23 heavy (non-hydrogen) atoms. The Morgan fingerprint density at radius 2 is 1.83 bits per heavy atom. The first kappa shape index (κ1) is 16.6. The lowest BCUT2D eigenvalue weighted by Crippen LogP contribution is -2.18. The minimum absolute atomic E-state index is 0.200. The SMILES string of the molecule is O=C(Nc1cccc(OC(F)(F)F)c1)c1cc(F)nc(F)c1F. The zero-order valence-corrected chi connectivity index (χ0v) is 10.9. The molecule has 4 nitrogen and oxygen atoms in total. The minimum atomic E-state index is -4.94. The van der Waals surface area contributed by atoms with Crippen LogP contribution < -0.4 is 10.1 Å². The summed E-state index contributed by atoms with van der Waals surface area (Å²) >= 11 is 0. The molecule has 122 valence electrons. The Labute approximate surface area is 124 Å². The number of benzene rings is 1. The van der Waals surface area contributed by atoms with E-state index in [0.29, 0.717) is 6.07 Å². The van der Waals surface area contributed by atoms with Crippen LogP contribution >= 0.6 is 0 Å². The average Bonchev–Trinajstić information content (AvgIpc) is 2.41. The van der Waals surface area contributed by atoms with Gasteiger partial charge in [-0.3, -0.25) is 4.79 Å². The second-order valence-electron chi connectivity index (χ2n) is 4.13. The largest absolute Gasteiger partial charge is 0.573 e. The van der Waals surface area contributed by atoms with Crippen LogP contribution in [-0.2, 0) is 0 Å². The van der Waals surface area contributed by atoms with Gasteiger partial charge in [0.25, 0.3) is 11.9 Å². The van der Waals surface area contributed by atoms with E-state index in [1.807, 2.05) is 5.32 Å². The van der Waals surface area contributed by atoms with Crippen molar-refractivity contribution in [1.29, 1.82) is 0 Å². The number of nitrogens with zero attached hydrogens (tertiary/aromatic N) is 1. The third-order valence-electron chi connectivity index (χ3n) is 2.46. The van der Waals surface area contributed by atoms with Crippen molar-refractivity contribution in [2.45, 2.75) is 6.36 Å². The standard InChI is InChI=1S/C13H6F6N2O2/c14-9-5-8(10(15)11(16)21-9)12(22)20-6-2-1-3-7(4-6)23-13(17,18)19/h1-5H,(H,20,22). The molecule has 2 aromatic rings. The monoisotopic (exact) mass is 336 g/mol. The highest BCUT2D eigenvalue weighted by molar-refractivity contribution is 6.04. The zero-order valence-electron chi connectivity index (χ0n) is 10.9. The Morgan fingerprint density at radius 1 is 1.13 bits per heavy atom. The van der Waals surface area contributed by atoms with Crippen molar-refractivity contribution < 1.29 is 35.9 Å². The van der Waals surface area contributed by atoms with E-state index >= 15 is 0 Å². The first-order valence-electron chi connectivity index (χ1n) is 5.84. The molecule has 0 saturated heterocycles. The third-order valence-corrected chi connectivity index (χ3v) is 2.46. The highest BCUT2D eigenvalue weighted by Crippen LogP contribution is 2.25. The Morgan fingerprint density at radius 3 is 2.48 bits per heavy atom. The molecule has 0 radical (unpaired) electrons. The van der Waals surface area contributed by atoms with Crippen LogP contribution in [0.3, 0.4) is 0 Å². The Balaban J connectivity index is 2.23. The van der Waals surface area contributed by atoms with Gasteiger partial charge in [-0.05, 0) is 12.1 Å². The lowest BCUT2D eigenvalue weighted by molar-refractivity contribution is -0.274. The molecule has 0 atom stereocenters. The van der Waals surface area contributed by atoms with Gasteiger partial charge >= 0.3 is 6.36 Å². The first-order chi connectivity index (χ1) is 10.7. The molecule has 0 spiro atoms. The maximum atomic E-state index is 13.4. The molecule has 2 rings (SSSR count). The minimum Gasteiger partial charge on any atom is -0.406 e. The van der Waals surface area contributed by atoms with Gasteiger partial charge in [0.2, 0.25) is 5.95 Å². The average molecular weight is 336 g/mol. The van der Waals surface area contributed by atoms with Gasteiger partial charge in [0.15, 0.2) is 5.82 Å². The van der Waals surface area contributed by atoms with E-state index in [9.17, 15) is 31.1 Å². The summed E-state index contributed by atoms with van der Waals surface area (Å²) in [4.78, 5) is 14.3. The molecule has 0 bridgehead atoms. The van der Waals surface area contributed by atoms with Crippen LogP contribution in [0.1, 0.15) is 10.4 Å². The van der Waals surface area contributed by atoms with E-state index in [1.54, 1.807) is 0 Å². The summed E-state index contributed by atoms with van der Waals surface area (Å²) in [6.07, 6.45) is -4.94. The second-order valence-corrected chi connectivity index (χ2v) is 4.13. The van der Waals surface area contributed by atoms with Crippen molar-refractivity contribution in [1.82, 2.24) is 4.98 Å². The number of halogens is 6. The molecule has 0 fully saturated rings. The van der Waals surface area contributed by atoms with Crippen LogP contribution in [0, 0.1) is 17.7 Å². The summed E-state index contributed by atoms with van der Waals surface area (Å²) in [5, 5.41) is 1.99. The van der Waals surface area contributed by atoms with Crippen LogP contribution in [0.15, 0.2) is 30.3 Å². The molecule has 1 N–H and O–H groups in total. The number of carbonyl (C=O) groups is 1. The van der Waals surface area contributed by atoms with Gasteiger partial charge in [0.1, 0.15) is 5.75 Å². The quantitative estimate of drug-likeness (QED) is 0.688. The molecule has 10 heteroatoms. The summed E-state index contributed by atoms with van der Waals surface area (Å²) in [6, 6.07) is 4.42. The number of aromatic nitrogens is 1. The summed E-state index contributed by atoms with van der Waals surface area (Å²) in [5.74, 6) is -6.84. The Bertz CT molecular complexity index is 748. The normalized spacial score (nSPS) is 11.2. The van der Waals surface area contributed by atoms with E-state index in [-0.39, 0.29) is 5.69 Å². The number of anilines is 1. The topological polar surface area (TPSA) is 51.2 Å². The molecule has 0 saturated carbocycles. The van der Waals surface area contributed by atoms with Gasteiger partial charge in [-0.25, -0.2) is 4.39 Å². The van der Waals surface area contributed by atoms with Crippen molar-refractivity contribution >= 4 is 11.6 Å². The molecule has 1 aromatic heterocycles. The molecule has 0 unspecified atom stereocenters. The molecular formula is C13H6F6N2O2. The highest BCUT2D eigenvalue weighted by atomic mass is 19.4. The number of rotatable bonds is 3. The number of carbonyl (C=O) groups excluding carboxylic acids is 1. The van der Waals surface area contributed by atoms with Crippen LogP contribution in [-0.4, -0.2) is 17.3 Å². The van der Waals surface area contributed by atoms with Crippen LogP contribution in [0.2, 0.25) is 0 Å². The van der Waals surface area contributed by atoms with Gasteiger partial charge in [-0.2, -0.15) is 13.8 Å². The number of alkyl halides is 3. The van der Waals surface area contributed by atoms with Crippen molar-refractivity contribution in [3.05, 3.63) is 53.6 Å². The van der Waals surface area contributed by atoms with Crippen molar-refractivity contribution in [2.24, 2.45) is 0 Å². The van der Waals surface area contributed by atoms with E-state index in [4.69, 9.17) is 0 Å². The fraction of sp³-hybridized carbons (Fsp3) is 0.0769. The van der Waals surface area contributed by atoms with E-state index in [2.05, 4.69) is 9.72 Å². The first-order valence-corrected chi connectivity index (χ1v) is 5.84. The zero-order chi connectivity index (χ0) is 17.2. The predicted molar refractivity (Wildman–Crippen MR) is 65.2 cm³/mol. The Kier molecular flexibility index (Phi) is 4.43. The maximum Gasteiger partial charge on any atom is 0.573 e. The number of hydrogen-bond acceptors (Lipinski definition) is 3. The molecular weight excluding hydrogens is 330 g/mol. The van der Waals surface area contributed by atoms with Gasteiger partial charge in [0.05, 0.1) is 5.56 Å². The summed E-state index contributed by atoms with van der Waals surface area (Å²) < 4.78 is 79.2. The fourth-order valence-corrected chi connectivity index (χ4v) is 1.60. The summed E-state index contributed by atoms with van der Waals surface area (Å²) in [5.41, 5.74) is -1.19. The number of hydrogen-bond donors (Lipinski definition) is 1. The van der Waals surface area contributed by atoms with E-state index in [0.717, 1.165) is 18.2 Å². The lowest BCUT2D eigenvalue weighted by atomic mass is 10.2. The second kappa shape index (κ2) is 6.15. The van der Waals surface area contributed by atoms with Gasteiger partial charge in [-0.1, -0.05) is 6.07 Å². The van der Waals surface area contributed by atoms with Crippen molar-refractivity contribution in [2.75, 3.05) is 5.32 Å². The van der Waals surface area contributed by atoms with Crippen molar-refractivity contribution in [3.63, 3.8) is 0 Å². The van der Waals surface area contributed by atoms with Gasteiger partial charge in [-0.15, -0.1) is 13.2 Å². The molecule has 0 aliphatic rings. The molecule has 1 aromatic carbocycles. The highest BCUT2D eigenvalue weighted by Gasteiger charge is 2.31. The smallest absolute Gasteiger partial charge is 0.406 e. The number of ether oxygens (including phenoxy) is 1. The predicted octanol–water partition coefficient (Wildman–Crippen LogP) is 3.65. The fourth-order valence-electron chi connectivity index (χ4n) is 1.60. The number of pyridine rings is 1. The lowest BCUT2D eigenvalue weighted by Gasteiger charge is -2.11.